The Morgan fingerprint density at radius 1 is 1.10 bits per heavy atom. The second-order valence-electron chi connectivity index (χ2n) is 7.48. The zero-order valence-electron chi connectivity index (χ0n) is 17.8. The molecule has 0 bridgehead atoms. The van der Waals surface area contributed by atoms with E-state index in [-0.39, 0.29) is 5.91 Å². The fourth-order valence-electron chi connectivity index (χ4n) is 3.65. The lowest BCUT2D eigenvalue weighted by Crippen LogP contribution is -2.32. The number of fused-ring (bicyclic) bond motifs is 1. The Bertz CT molecular complexity index is 838. The summed E-state index contributed by atoms with van der Waals surface area (Å²) in [6, 6.07) is 16.5. The lowest BCUT2D eigenvalue weighted by Gasteiger charge is -2.19. The molecule has 0 spiro atoms. The summed E-state index contributed by atoms with van der Waals surface area (Å²) >= 11 is 0. The van der Waals surface area contributed by atoms with E-state index >= 15 is 0 Å². The van der Waals surface area contributed by atoms with Gasteiger partial charge in [-0.25, -0.2) is 0 Å². The summed E-state index contributed by atoms with van der Waals surface area (Å²) in [6.45, 7) is 9.23. The number of amides is 1. The minimum absolute atomic E-state index is 0.0850. The van der Waals surface area contributed by atoms with E-state index in [1.807, 2.05) is 43.0 Å². The first-order valence-electron chi connectivity index (χ1n) is 10.7. The fraction of sp³-hybridized carbons (Fsp3) is 0.400. The molecule has 1 aliphatic rings. The lowest BCUT2D eigenvalue weighted by atomic mass is 9.94. The Balaban J connectivity index is 1.94. The van der Waals surface area contributed by atoms with Gasteiger partial charge in [-0.05, 0) is 69.5 Å². The van der Waals surface area contributed by atoms with E-state index < -0.39 is 0 Å². The van der Waals surface area contributed by atoms with E-state index in [0.29, 0.717) is 12.6 Å². The van der Waals surface area contributed by atoms with E-state index in [0.717, 1.165) is 60.5 Å². The van der Waals surface area contributed by atoms with Crippen LogP contribution in [-0.4, -0.2) is 43.1 Å². The second-order valence-corrected chi connectivity index (χ2v) is 7.48. The number of ether oxygens (including phenoxy) is 1. The molecule has 0 aromatic heterocycles. The van der Waals surface area contributed by atoms with E-state index in [2.05, 4.69) is 42.6 Å². The van der Waals surface area contributed by atoms with Crippen LogP contribution in [0.3, 0.4) is 0 Å². The third-order valence-electron chi connectivity index (χ3n) is 5.38. The Labute approximate surface area is 174 Å². The number of nitrogens with zero attached hydrogens (tertiary/aromatic N) is 1. The summed E-state index contributed by atoms with van der Waals surface area (Å²) in [5.74, 6) is 0.986. The van der Waals surface area contributed by atoms with Crippen molar-refractivity contribution in [1.82, 2.24) is 10.2 Å². The number of hydrogen-bond acceptors (Lipinski definition) is 3. The molecule has 4 nitrogen and oxygen atoms in total. The summed E-state index contributed by atoms with van der Waals surface area (Å²) in [4.78, 5) is 14.5. The Hall–Kier alpha value is -2.59. The number of benzene rings is 2. The second kappa shape index (κ2) is 10.3. The van der Waals surface area contributed by atoms with Crippen molar-refractivity contribution >= 4 is 11.5 Å². The largest absolute Gasteiger partial charge is 0.491 e. The van der Waals surface area contributed by atoms with E-state index in [9.17, 15) is 4.79 Å². The van der Waals surface area contributed by atoms with Crippen LogP contribution >= 0.6 is 0 Å². The predicted molar refractivity (Wildman–Crippen MR) is 119 cm³/mol. The summed E-state index contributed by atoms with van der Waals surface area (Å²) in [7, 11) is 0. The van der Waals surface area contributed by atoms with Gasteiger partial charge >= 0.3 is 0 Å². The average molecular weight is 393 g/mol. The molecule has 0 fully saturated rings. The van der Waals surface area contributed by atoms with Gasteiger partial charge in [0.05, 0.1) is 0 Å². The van der Waals surface area contributed by atoms with E-state index in [1.54, 1.807) is 0 Å². The van der Waals surface area contributed by atoms with Crippen molar-refractivity contribution in [1.29, 1.82) is 0 Å². The number of nitrogens with one attached hydrogen (secondary N) is 1. The molecule has 0 saturated carbocycles. The highest BCUT2D eigenvalue weighted by Crippen LogP contribution is 2.32. The van der Waals surface area contributed by atoms with Crippen molar-refractivity contribution in [2.24, 2.45) is 0 Å². The quantitative estimate of drug-likeness (QED) is 0.816. The molecule has 1 unspecified atom stereocenters. The van der Waals surface area contributed by atoms with Crippen molar-refractivity contribution in [3.8, 4) is 5.75 Å². The number of carbonyl (C=O) groups excluding carboxylic acids is 1. The number of para-hydroxylation sites is 1. The molecule has 29 heavy (non-hydrogen) atoms. The van der Waals surface area contributed by atoms with Gasteiger partial charge in [0, 0.05) is 30.3 Å². The number of hydrogen-bond donors (Lipinski definition) is 1. The van der Waals surface area contributed by atoms with Crippen LogP contribution < -0.4 is 10.1 Å². The predicted octanol–water partition coefficient (Wildman–Crippen LogP) is 4.75. The van der Waals surface area contributed by atoms with Gasteiger partial charge in [-0.15, -0.1) is 0 Å². The molecule has 1 atom stereocenters. The van der Waals surface area contributed by atoms with Crippen LogP contribution in [0.5, 0.6) is 5.75 Å². The van der Waals surface area contributed by atoms with Crippen LogP contribution in [0.2, 0.25) is 0 Å². The highest BCUT2D eigenvalue weighted by atomic mass is 16.5. The molecule has 4 heteroatoms. The Kier molecular flexibility index (Phi) is 7.48. The third kappa shape index (κ3) is 5.27. The van der Waals surface area contributed by atoms with Crippen LogP contribution in [0.4, 0.5) is 0 Å². The molecular formula is C25H32N2O2. The van der Waals surface area contributed by atoms with Crippen LogP contribution in [0.1, 0.15) is 55.1 Å². The highest BCUT2D eigenvalue weighted by molar-refractivity contribution is 5.95. The maximum atomic E-state index is 12.6. The first-order chi connectivity index (χ1) is 14.1. The first kappa shape index (κ1) is 21.1. The molecule has 1 amide bonds. The topological polar surface area (TPSA) is 41.6 Å². The molecule has 0 saturated heterocycles. The van der Waals surface area contributed by atoms with Gasteiger partial charge in [-0.1, -0.05) is 36.4 Å². The number of rotatable bonds is 4. The molecule has 1 heterocycles. The van der Waals surface area contributed by atoms with Crippen LogP contribution in [0, 0.1) is 0 Å². The summed E-state index contributed by atoms with van der Waals surface area (Å²) in [6.07, 6.45) is 4.36. The lowest BCUT2D eigenvalue weighted by molar-refractivity contribution is 0.0773. The molecule has 1 aliphatic heterocycles. The molecular weight excluding hydrogens is 360 g/mol. The van der Waals surface area contributed by atoms with Gasteiger partial charge in [-0.3, -0.25) is 4.79 Å². The SMILES string of the molecule is CCN(CC)C(=O)c1ccc(/C2=C/CCCNC(C)COc3ccccc32)cc1. The van der Waals surface area contributed by atoms with Gasteiger partial charge in [0.15, 0.2) is 0 Å². The van der Waals surface area contributed by atoms with Gasteiger partial charge in [-0.2, -0.15) is 0 Å². The summed E-state index contributed by atoms with van der Waals surface area (Å²) in [5, 5.41) is 3.51. The zero-order valence-corrected chi connectivity index (χ0v) is 17.8. The summed E-state index contributed by atoms with van der Waals surface area (Å²) in [5.41, 5.74) is 4.11. The molecule has 2 aromatic rings. The molecule has 154 valence electrons. The van der Waals surface area contributed by atoms with Crippen molar-refractivity contribution in [3.63, 3.8) is 0 Å². The van der Waals surface area contributed by atoms with Crippen molar-refractivity contribution < 1.29 is 9.53 Å². The minimum atomic E-state index is 0.0850. The number of allylic oxidation sites excluding steroid dienone is 1. The smallest absolute Gasteiger partial charge is 0.253 e. The molecule has 2 aromatic carbocycles. The fourth-order valence-corrected chi connectivity index (χ4v) is 3.65. The Morgan fingerprint density at radius 3 is 2.55 bits per heavy atom. The minimum Gasteiger partial charge on any atom is -0.491 e. The van der Waals surface area contributed by atoms with Gasteiger partial charge in [0.1, 0.15) is 12.4 Å². The number of carbonyl (C=O) groups is 1. The standard InChI is InChI=1S/C25H32N2O2/c1-4-27(5-2)25(28)21-15-13-20(14-16-21)22-10-8-9-17-26-19(3)18-29-24-12-7-6-11-23(22)24/h6-7,10-16,19,26H,4-5,8-9,17-18H2,1-3H3/b22-10-. The van der Waals surface area contributed by atoms with Crippen molar-refractivity contribution in [2.75, 3.05) is 26.2 Å². The normalized spacial score (nSPS) is 19.1. The molecule has 1 N–H and O–H groups in total. The van der Waals surface area contributed by atoms with Crippen molar-refractivity contribution in [3.05, 3.63) is 71.3 Å². The Morgan fingerprint density at radius 2 is 1.83 bits per heavy atom. The molecule has 3 rings (SSSR count). The maximum Gasteiger partial charge on any atom is 0.253 e. The van der Waals surface area contributed by atoms with Crippen LogP contribution in [0.15, 0.2) is 54.6 Å². The van der Waals surface area contributed by atoms with Gasteiger partial charge in [0.25, 0.3) is 5.91 Å². The van der Waals surface area contributed by atoms with E-state index in [1.165, 1.54) is 0 Å². The summed E-state index contributed by atoms with van der Waals surface area (Å²) < 4.78 is 6.14. The molecule has 0 aliphatic carbocycles. The van der Waals surface area contributed by atoms with Gasteiger partial charge in [0.2, 0.25) is 0 Å². The monoisotopic (exact) mass is 392 g/mol. The zero-order chi connectivity index (χ0) is 20.6. The van der Waals surface area contributed by atoms with Crippen LogP contribution in [0.25, 0.3) is 5.57 Å². The van der Waals surface area contributed by atoms with E-state index in [4.69, 9.17) is 4.74 Å². The average Bonchev–Trinajstić information content (AvgIpc) is 2.79. The first-order valence-corrected chi connectivity index (χ1v) is 10.7. The van der Waals surface area contributed by atoms with Crippen LogP contribution in [-0.2, 0) is 0 Å². The molecule has 0 radical (unpaired) electrons. The van der Waals surface area contributed by atoms with Crippen molar-refractivity contribution in [2.45, 2.75) is 39.7 Å². The van der Waals surface area contributed by atoms with Gasteiger partial charge < -0.3 is 15.0 Å². The highest BCUT2D eigenvalue weighted by Gasteiger charge is 2.16. The third-order valence-corrected chi connectivity index (χ3v) is 5.38. The maximum absolute atomic E-state index is 12.6.